The van der Waals surface area contributed by atoms with E-state index in [-0.39, 0.29) is 29.8 Å². The molecule has 1 aliphatic carbocycles. The summed E-state index contributed by atoms with van der Waals surface area (Å²) in [5.41, 5.74) is 1.43. The number of aliphatic carboxylic acids is 1. The highest BCUT2D eigenvalue weighted by molar-refractivity contribution is 5.79. The van der Waals surface area contributed by atoms with E-state index in [2.05, 4.69) is 41.4 Å². The normalized spacial score (nSPS) is 26.7. The maximum Gasteiger partial charge on any atom is 0.303 e. The Kier molecular flexibility index (Phi) is 7.20. The lowest BCUT2D eigenvalue weighted by Gasteiger charge is -2.39. The highest BCUT2D eigenvalue weighted by Gasteiger charge is 2.58. The maximum atomic E-state index is 12.8. The molecule has 1 saturated heterocycles. The van der Waals surface area contributed by atoms with Gasteiger partial charge < -0.3 is 9.84 Å². The van der Waals surface area contributed by atoms with Crippen LogP contribution in [0.3, 0.4) is 0 Å². The average molecular weight is 437 g/mol. The zero-order valence-electron chi connectivity index (χ0n) is 18.4. The summed E-state index contributed by atoms with van der Waals surface area (Å²) in [6.07, 6.45) is 15.4. The molecule has 2 fully saturated rings. The first kappa shape index (κ1) is 22.5. The van der Waals surface area contributed by atoms with Crippen molar-refractivity contribution in [2.24, 2.45) is 17.3 Å². The Hall–Kier alpha value is -2.73. The molecule has 0 unspecified atom stereocenters. The van der Waals surface area contributed by atoms with Crippen molar-refractivity contribution in [3.8, 4) is 0 Å². The van der Waals surface area contributed by atoms with Gasteiger partial charge in [0.2, 0.25) is 5.91 Å². The number of aryl methyl sites for hydroxylation is 1. The van der Waals surface area contributed by atoms with E-state index < -0.39 is 5.97 Å². The number of allylic oxidation sites excluding steroid dienone is 2. The molecule has 2 bridgehead atoms. The lowest BCUT2D eigenvalue weighted by molar-refractivity contribution is -0.137. The summed E-state index contributed by atoms with van der Waals surface area (Å²) in [5, 5.41) is 8.82. The van der Waals surface area contributed by atoms with Gasteiger partial charge in [0.1, 0.15) is 6.33 Å². The van der Waals surface area contributed by atoms with Crippen LogP contribution < -0.4 is 0 Å². The number of hydrogen-bond donors (Lipinski definition) is 1. The van der Waals surface area contributed by atoms with E-state index in [0.717, 1.165) is 38.7 Å². The van der Waals surface area contributed by atoms with Crippen molar-refractivity contribution in [2.45, 2.75) is 57.5 Å². The number of carbonyl (C=O) groups is 2. The fourth-order valence-corrected chi connectivity index (χ4v) is 5.58. The van der Waals surface area contributed by atoms with Crippen molar-refractivity contribution in [3.05, 3.63) is 66.8 Å². The number of imidazole rings is 1. The van der Waals surface area contributed by atoms with Crippen LogP contribution in [0.5, 0.6) is 0 Å². The van der Waals surface area contributed by atoms with Crippen molar-refractivity contribution in [1.29, 1.82) is 0 Å². The molecule has 0 radical (unpaired) electrons. The molecule has 6 heteroatoms. The number of carbonyl (C=O) groups excluding carboxylic acids is 1. The summed E-state index contributed by atoms with van der Waals surface area (Å²) in [5.74, 6) is -0.106. The maximum absolute atomic E-state index is 12.8. The molecule has 0 spiro atoms. The topological polar surface area (TPSA) is 81.4 Å². The molecule has 1 N–H and O–H groups in total. The van der Waals surface area contributed by atoms with Gasteiger partial charge >= 0.3 is 5.97 Å². The highest BCUT2D eigenvalue weighted by Crippen LogP contribution is 2.58. The number of hydrogen-bond acceptors (Lipinski definition) is 4. The third-order valence-electron chi connectivity index (χ3n) is 7.25. The summed E-state index contributed by atoms with van der Waals surface area (Å²) in [4.78, 5) is 27.6. The number of unbranched alkanes of at least 4 members (excludes halogenated alkanes) is 1. The van der Waals surface area contributed by atoms with Gasteiger partial charge in [-0.05, 0) is 55.9 Å². The predicted octanol–water partition coefficient (Wildman–Crippen LogP) is 4.77. The second kappa shape index (κ2) is 10.3. The monoisotopic (exact) mass is 436 g/mol. The SMILES string of the molecule is O=C(O)CCC/C=C\C[C@@H]1[C@H](CC(=O)n2ccnc2)[C@H]2C[C@]1(CCc1ccccc1)CO2. The lowest BCUT2D eigenvalue weighted by Crippen LogP contribution is -2.38. The Bertz CT molecular complexity index is 925. The standard InChI is InChI=1S/C26H32N2O4/c29-24(28-15-14-27-19-28)16-21-22(10-6-1-2-7-11-25(30)31)26(17-23(21)32-18-26)13-12-20-8-4-3-5-9-20/h1,3-6,8-9,14-15,19,21-23H,2,7,10-13,16-18H2,(H,30,31)/b6-1-/t21-,22+,23+,26+/m0/s1. The Balaban J connectivity index is 1.45. The zero-order valence-corrected chi connectivity index (χ0v) is 18.4. The number of aromatic nitrogens is 2. The van der Waals surface area contributed by atoms with Crippen LogP contribution in [0.15, 0.2) is 61.2 Å². The van der Waals surface area contributed by atoms with Crippen molar-refractivity contribution >= 4 is 11.9 Å². The first-order chi connectivity index (χ1) is 15.6. The van der Waals surface area contributed by atoms with E-state index in [0.29, 0.717) is 18.8 Å². The minimum Gasteiger partial charge on any atom is -0.481 e. The molecule has 1 saturated carbocycles. The van der Waals surface area contributed by atoms with Crippen molar-refractivity contribution in [1.82, 2.24) is 9.55 Å². The minimum atomic E-state index is -0.749. The van der Waals surface area contributed by atoms with Crippen LogP contribution in [0, 0.1) is 17.3 Å². The highest BCUT2D eigenvalue weighted by atomic mass is 16.5. The summed E-state index contributed by atoms with van der Waals surface area (Å²) in [6.45, 7) is 0.762. The third-order valence-corrected chi connectivity index (χ3v) is 7.25. The fraction of sp³-hybridized carbons (Fsp3) is 0.500. The summed E-state index contributed by atoms with van der Waals surface area (Å²) in [7, 11) is 0. The number of ether oxygens (including phenoxy) is 1. The van der Waals surface area contributed by atoms with E-state index in [1.165, 1.54) is 5.56 Å². The molecular weight excluding hydrogens is 404 g/mol. The molecule has 4 atom stereocenters. The Labute approximate surface area is 189 Å². The van der Waals surface area contributed by atoms with Crippen LogP contribution in [0.25, 0.3) is 0 Å². The van der Waals surface area contributed by atoms with Crippen molar-refractivity contribution in [3.63, 3.8) is 0 Å². The van der Waals surface area contributed by atoms with Crippen LogP contribution in [0.4, 0.5) is 0 Å². The number of carboxylic acid groups (broad SMARTS) is 1. The van der Waals surface area contributed by atoms with Crippen LogP contribution >= 0.6 is 0 Å². The molecule has 6 nitrogen and oxygen atoms in total. The quantitative estimate of drug-likeness (QED) is 0.405. The Morgan fingerprint density at radius 3 is 2.84 bits per heavy atom. The smallest absolute Gasteiger partial charge is 0.303 e. The molecule has 2 aliphatic rings. The number of carboxylic acids is 1. The first-order valence-electron chi connectivity index (χ1n) is 11.6. The molecule has 1 aliphatic heterocycles. The third kappa shape index (κ3) is 5.18. The van der Waals surface area contributed by atoms with E-state index in [4.69, 9.17) is 9.84 Å². The molecule has 32 heavy (non-hydrogen) atoms. The largest absolute Gasteiger partial charge is 0.481 e. The van der Waals surface area contributed by atoms with Gasteiger partial charge in [0.05, 0.1) is 12.7 Å². The summed E-state index contributed by atoms with van der Waals surface area (Å²) >= 11 is 0. The van der Waals surface area contributed by atoms with Gasteiger partial charge in [-0.3, -0.25) is 14.2 Å². The lowest BCUT2D eigenvalue weighted by atomic mass is 9.69. The van der Waals surface area contributed by atoms with E-state index >= 15 is 0 Å². The molecular formula is C26H32N2O4. The predicted molar refractivity (Wildman–Crippen MR) is 121 cm³/mol. The van der Waals surface area contributed by atoms with Gasteiger partial charge in [0.15, 0.2) is 0 Å². The number of fused-ring (bicyclic) bond motifs is 2. The van der Waals surface area contributed by atoms with Crippen LogP contribution in [-0.2, 0) is 16.0 Å². The summed E-state index contributed by atoms with van der Waals surface area (Å²) in [6, 6.07) is 10.6. The number of benzene rings is 1. The Morgan fingerprint density at radius 1 is 1.25 bits per heavy atom. The second-order valence-corrected chi connectivity index (χ2v) is 9.23. The number of rotatable bonds is 11. The molecule has 2 heterocycles. The zero-order chi connectivity index (χ0) is 22.4. The molecule has 2 aromatic rings. The van der Waals surface area contributed by atoms with E-state index in [1.54, 1.807) is 23.3 Å². The van der Waals surface area contributed by atoms with Crippen LogP contribution in [0.1, 0.15) is 55.3 Å². The minimum absolute atomic E-state index is 0.0669. The van der Waals surface area contributed by atoms with Gasteiger partial charge in [-0.2, -0.15) is 0 Å². The second-order valence-electron chi connectivity index (χ2n) is 9.23. The molecule has 1 aromatic heterocycles. The molecule has 0 amide bonds. The van der Waals surface area contributed by atoms with Gasteiger partial charge in [0, 0.05) is 30.7 Å². The van der Waals surface area contributed by atoms with E-state index in [9.17, 15) is 9.59 Å². The molecule has 170 valence electrons. The van der Waals surface area contributed by atoms with Crippen LogP contribution in [-0.4, -0.2) is 39.2 Å². The van der Waals surface area contributed by atoms with Crippen molar-refractivity contribution < 1.29 is 19.4 Å². The van der Waals surface area contributed by atoms with Gasteiger partial charge in [0.25, 0.3) is 0 Å². The van der Waals surface area contributed by atoms with Crippen LogP contribution in [0.2, 0.25) is 0 Å². The molecule has 1 aromatic carbocycles. The molecule has 4 rings (SSSR count). The van der Waals surface area contributed by atoms with Gasteiger partial charge in [-0.25, -0.2) is 4.98 Å². The number of nitrogens with zero attached hydrogens (tertiary/aromatic N) is 2. The van der Waals surface area contributed by atoms with E-state index in [1.807, 2.05) is 6.07 Å². The Morgan fingerprint density at radius 2 is 2.09 bits per heavy atom. The fourth-order valence-electron chi connectivity index (χ4n) is 5.58. The summed E-state index contributed by atoms with van der Waals surface area (Å²) < 4.78 is 7.78. The average Bonchev–Trinajstić information content (AvgIpc) is 3.52. The van der Waals surface area contributed by atoms with Gasteiger partial charge in [-0.15, -0.1) is 0 Å². The van der Waals surface area contributed by atoms with Crippen molar-refractivity contribution in [2.75, 3.05) is 6.61 Å². The first-order valence-corrected chi connectivity index (χ1v) is 11.6. The van der Waals surface area contributed by atoms with Gasteiger partial charge in [-0.1, -0.05) is 42.5 Å².